The fourth-order valence-corrected chi connectivity index (χ4v) is 5.03. The van der Waals surface area contributed by atoms with Gasteiger partial charge in [-0.2, -0.15) is 0 Å². The average Bonchev–Trinajstić information content (AvgIpc) is 2.85. The summed E-state index contributed by atoms with van der Waals surface area (Å²) in [6, 6.07) is 27.7. The number of rotatable bonds is 7. The Hall–Kier alpha value is -4.08. The first-order valence-electron chi connectivity index (χ1n) is 10.6. The molecule has 4 aromatic carbocycles. The maximum Gasteiger partial charge on any atom is 0.336 e. The highest BCUT2D eigenvalue weighted by Crippen LogP contribution is 2.32. The molecular weight excluding hydrogens is 498 g/mol. The molecule has 0 saturated heterocycles. The third kappa shape index (κ3) is 7.46. The lowest BCUT2D eigenvalue weighted by molar-refractivity contribution is -0.384. The second-order valence-corrected chi connectivity index (χ2v) is 9.60. The summed E-state index contributed by atoms with van der Waals surface area (Å²) in [6.07, 6.45) is 0. The van der Waals surface area contributed by atoms with Crippen LogP contribution < -0.4 is 0 Å². The summed E-state index contributed by atoms with van der Waals surface area (Å²) in [6.45, 7) is 2.02. The maximum absolute atomic E-state index is 11.1. The van der Waals surface area contributed by atoms with Gasteiger partial charge in [-0.05, 0) is 55.5 Å². The first-order chi connectivity index (χ1) is 17.2. The van der Waals surface area contributed by atoms with E-state index in [0.29, 0.717) is 10.5 Å². The van der Waals surface area contributed by atoms with E-state index in [1.807, 2.05) is 43.3 Å². The molecule has 0 aliphatic heterocycles. The van der Waals surface area contributed by atoms with E-state index in [0.717, 1.165) is 14.7 Å². The van der Waals surface area contributed by atoms with Crippen molar-refractivity contribution in [3.05, 3.63) is 124 Å². The number of carbonyl (C=O) groups is 2. The third-order valence-corrected chi connectivity index (χ3v) is 6.88. The Kier molecular flexibility index (Phi) is 9.26. The van der Waals surface area contributed by atoms with Gasteiger partial charge in [0.05, 0.1) is 16.1 Å². The van der Waals surface area contributed by atoms with Crippen molar-refractivity contribution in [2.75, 3.05) is 0 Å². The maximum atomic E-state index is 11.1. The number of aryl methyl sites for hydroxylation is 1. The summed E-state index contributed by atoms with van der Waals surface area (Å²) < 4.78 is 0. The number of nitro groups is 1. The standard InChI is InChI=1S/C14H12O2S.C13H9NO4S/c1-10-5-4-6-11(9-10)17-13-8-3-2-7-12(13)14(15)16;15-13(16)11-3-1-2-4-12(11)19-10-7-5-9(6-8-10)14(17)18/h2-9H,1H3,(H,15,16);1-8H,(H,15,16). The first kappa shape index (κ1) is 26.5. The van der Waals surface area contributed by atoms with E-state index in [1.54, 1.807) is 42.5 Å². The van der Waals surface area contributed by atoms with Crippen LogP contribution in [0.1, 0.15) is 26.3 Å². The summed E-state index contributed by atoms with van der Waals surface area (Å²) in [5, 5.41) is 28.7. The Balaban J connectivity index is 0.000000202. The molecule has 0 saturated carbocycles. The minimum atomic E-state index is -0.995. The second kappa shape index (κ2) is 12.6. The van der Waals surface area contributed by atoms with Gasteiger partial charge in [0.2, 0.25) is 0 Å². The molecule has 4 rings (SSSR count). The zero-order valence-corrected chi connectivity index (χ0v) is 20.7. The van der Waals surface area contributed by atoms with E-state index in [4.69, 9.17) is 10.2 Å². The number of carboxylic acid groups (broad SMARTS) is 2. The average molecular weight is 520 g/mol. The molecule has 0 aromatic heterocycles. The van der Waals surface area contributed by atoms with Gasteiger partial charge in [-0.25, -0.2) is 9.59 Å². The number of carboxylic acids is 2. The van der Waals surface area contributed by atoms with Gasteiger partial charge in [0.25, 0.3) is 5.69 Å². The van der Waals surface area contributed by atoms with Crippen molar-refractivity contribution in [1.29, 1.82) is 0 Å². The molecule has 0 fully saturated rings. The van der Waals surface area contributed by atoms with Crippen molar-refractivity contribution in [2.24, 2.45) is 0 Å². The van der Waals surface area contributed by atoms with Crippen molar-refractivity contribution >= 4 is 41.1 Å². The summed E-state index contributed by atoms with van der Waals surface area (Å²) in [7, 11) is 0. The van der Waals surface area contributed by atoms with Crippen LogP contribution in [0.25, 0.3) is 0 Å². The monoisotopic (exact) mass is 519 g/mol. The van der Waals surface area contributed by atoms with Gasteiger partial charge in [-0.15, -0.1) is 0 Å². The lowest BCUT2D eigenvalue weighted by Crippen LogP contribution is -1.97. The molecule has 0 aliphatic rings. The fraction of sp³-hybridized carbons (Fsp3) is 0.0370. The van der Waals surface area contributed by atoms with Gasteiger partial charge in [0.1, 0.15) is 0 Å². The summed E-state index contributed by atoms with van der Waals surface area (Å²) in [5.41, 5.74) is 1.74. The second-order valence-electron chi connectivity index (χ2n) is 7.37. The molecule has 7 nitrogen and oxygen atoms in total. The lowest BCUT2D eigenvalue weighted by Gasteiger charge is -2.05. The first-order valence-corrected chi connectivity index (χ1v) is 12.2. The van der Waals surface area contributed by atoms with Gasteiger partial charge in [0, 0.05) is 31.7 Å². The van der Waals surface area contributed by atoms with Crippen LogP contribution in [0.3, 0.4) is 0 Å². The smallest absolute Gasteiger partial charge is 0.336 e. The Morgan fingerprint density at radius 1 is 0.694 bits per heavy atom. The van der Waals surface area contributed by atoms with Crippen molar-refractivity contribution in [2.45, 2.75) is 26.5 Å². The number of non-ortho nitro benzene ring substituents is 1. The van der Waals surface area contributed by atoms with Crippen molar-refractivity contribution in [1.82, 2.24) is 0 Å². The van der Waals surface area contributed by atoms with Crippen LogP contribution in [-0.4, -0.2) is 27.1 Å². The van der Waals surface area contributed by atoms with Crippen molar-refractivity contribution in [3.8, 4) is 0 Å². The number of benzene rings is 4. The SMILES string of the molecule is Cc1cccc(Sc2ccccc2C(=O)O)c1.O=C(O)c1ccccc1Sc1ccc([N+](=O)[O-])cc1. The molecule has 0 heterocycles. The van der Waals surface area contributed by atoms with Crippen molar-refractivity contribution in [3.63, 3.8) is 0 Å². The van der Waals surface area contributed by atoms with Crippen LogP contribution in [0.15, 0.2) is 117 Å². The predicted octanol–water partition coefficient (Wildman–Crippen LogP) is 7.29. The molecule has 0 unspecified atom stereocenters. The Morgan fingerprint density at radius 3 is 1.67 bits per heavy atom. The highest BCUT2D eigenvalue weighted by Gasteiger charge is 2.12. The molecule has 0 atom stereocenters. The number of hydrogen-bond donors (Lipinski definition) is 2. The van der Waals surface area contributed by atoms with Gasteiger partial charge in [-0.1, -0.05) is 65.5 Å². The van der Waals surface area contributed by atoms with E-state index < -0.39 is 16.9 Å². The minimum absolute atomic E-state index is 0.0101. The summed E-state index contributed by atoms with van der Waals surface area (Å²) >= 11 is 2.74. The number of nitro benzene ring substituents is 1. The fourth-order valence-electron chi connectivity index (χ4n) is 3.03. The molecule has 0 spiro atoms. The molecule has 36 heavy (non-hydrogen) atoms. The van der Waals surface area contributed by atoms with Crippen LogP contribution in [0.4, 0.5) is 5.69 Å². The highest BCUT2D eigenvalue weighted by molar-refractivity contribution is 7.99. The van der Waals surface area contributed by atoms with E-state index >= 15 is 0 Å². The molecular formula is C27H21NO6S2. The third-order valence-electron chi connectivity index (χ3n) is 4.73. The Labute approximate surface area is 216 Å². The van der Waals surface area contributed by atoms with Crippen LogP contribution in [0.5, 0.6) is 0 Å². The molecule has 2 N–H and O–H groups in total. The zero-order valence-electron chi connectivity index (χ0n) is 19.0. The van der Waals surface area contributed by atoms with Gasteiger partial charge in [-0.3, -0.25) is 10.1 Å². The van der Waals surface area contributed by atoms with Crippen LogP contribution in [0.2, 0.25) is 0 Å². The van der Waals surface area contributed by atoms with E-state index in [2.05, 4.69) is 0 Å². The van der Waals surface area contributed by atoms with E-state index in [9.17, 15) is 19.7 Å². The summed E-state index contributed by atoms with van der Waals surface area (Å²) in [4.78, 5) is 35.4. The molecule has 0 aliphatic carbocycles. The molecule has 0 bridgehead atoms. The lowest BCUT2D eigenvalue weighted by atomic mass is 10.2. The van der Waals surface area contributed by atoms with Gasteiger partial charge >= 0.3 is 11.9 Å². The van der Waals surface area contributed by atoms with Gasteiger partial charge < -0.3 is 10.2 Å². The molecule has 182 valence electrons. The zero-order chi connectivity index (χ0) is 26.1. The largest absolute Gasteiger partial charge is 0.478 e. The summed E-state index contributed by atoms with van der Waals surface area (Å²) in [5.74, 6) is -1.88. The quantitative estimate of drug-likeness (QED) is 0.193. The van der Waals surface area contributed by atoms with Crippen LogP contribution in [0, 0.1) is 17.0 Å². The molecule has 4 aromatic rings. The molecule has 9 heteroatoms. The molecule has 0 amide bonds. The van der Waals surface area contributed by atoms with Gasteiger partial charge in [0.15, 0.2) is 0 Å². The Bertz CT molecular complexity index is 1390. The highest BCUT2D eigenvalue weighted by atomic mass is 32.2. The molecule has 0 radical (unpaired) electrons. The number of aromatic carboxylic acids is 2. The number of hydrogen-bond acceptors (Lipinski definition) is 6. The van der Waals surface area contributed by atoms with Crippen molar-refractivity contribution < 1.29 is 24.7 Å². The minimum Gasteiger partial charge on any atom is -0.478 e. The Morgan fingerprint density at radius 2 is 1.19 bits per heavy atom. The normalized spacial score (nSPS) is 10.1. The van der Waals surface area contributed by atoms with E-state index in [1.165, 1.54) is 47.3 Å². The van der Waals surface area contributed by atoms with Crippen LogP contribution in [-0.2, 0) is 0 Å². The van der Waals surface area contributed by atoms with Crippen LogP contribution >= 0.6 is 23.5 Å². The predicted molar refractivity (Wildman–Crippen MR) is 139 cm³/mol. The van der Waals surface area contributed by atoms with E-state index in [-0.39, 0.29) is 11.3 Å². The topological polar surface area (TPSA) is 118 Å². The number of nitrogens with zero attached hydrogens (tertiary/aromatic N) is 1.